The van der Waals surface area contributed by atoms with Crippen molar-refractivity contribution in [3.8, 4) is 0 Å². The first-order chi connectivity index (χ1) is 11.6. The topological polar surface area (TPSA) is 35.5 Å². The highest BCUT2D eigenvalue weighted by atomic mass is 17.2. The fraction of sp³-hybridized carbons (Fsp3) is 0.857. The van der Waals surface area contributed by atoms with E-state index in [1.165, 1.54) is 51.4 Å². The van der Waals surface area contributed by atoms with Crippen LogP contribution in [0.4, 0.5) is 0 Å². The summed E-state index contributed by atoms with van der Waals surface area (Å²) in [6.07, 6.45) is 17.7. The van der Waals surface area contributed by atoms with Gasteiger partial charge in [-0.25, -0.2) is 9.78 Å². The molecule has 0 radical (unpaired) electrons. The van der Waals surface area contributed by atoms with Crippen LogP contribution in [0, 0.1) is 11.8 Å². The van der Waals surface area contributed by atoms with Gasteiger partial charge < -0.3 is 0 Å². The van der Waals surface area contributed by atoms with Crippen molar-refractivity contribution >= 4 is 5.78 Å². The van der Waals surface area contributed by atoms with Crippen molar-refractivity contribution < 1.29 is 14.6 Å². The molecule has 3 heteroatoms. The van der Waals surface area contributed by atoms with Crippen LogP contribution in [-0.4, -0.2) is 17.5 Å². The van der Waals surface area contributed by atoms with Gasteiger partial charge in [0.1, 0.15) is 17.5 Å². The highest BCUT2D eigenvalue weighted by Crippen LogP contribution is 2.42. The molecule has 3 nitrogen and oxygen atoms in total. The number of carbonyl (C=O) groups excluding carboxylic acids is 1. The minimum Gasteiger partial charge on any atom is -0.299 e. The molecule has 0 spiro atoms. The monoisotopic (exact) mass is 336 g/mol. The lowest BCUT2D eigenvalue weighted by Crippen LogP contribution is -2.52. The number of Topliss-reactive ketones (excluding diaryl/α,β-unsaturated/α-hetero) is 1. The highest BCUT2D eigenvalue weighted by Gasteiger charge is 2.48. The second-order valence-corrected chi connectivity index (χ2v) is 7.96. The Morgan fingerprint density at radius 2 is 1.79 bits per heavy atom. The molecule has 1 saturated heterocycles. The van der Waals surface area contributed by atoms with Crippen LogP contribution >= 0.6 is 0 Å². The van der Waals surface area contributed by atoms with Gasteiger partial charge in [-0.2, -0.15) is 0 Å². The van der Waals surface area contributed by atoms with E-state index in [9.17, 15) is 4.79 Å². The zero-order valence-corrected chi connectivity index (χ0v) is 15.9. The number of carbonyl (C=O) groups is 1. The van der Waals surface area contributed by atoms with Gasteiger partial charge in [-0.1, -0.05) is 70.9 Å². The summed E-state index contributed by atoms with van der Waals surface area (Å²) in [5.74, 6) is 0.559. The van der Waals surface area contributed by atoms with Crippen molar-refractivity contribution in [2.75, 3.05) is 0 Å². The van der Waals surface area contributed by atoms with Crippen LogP contribution in [0.15, 0.2) is 12.2 Å². The Balaban J connectivity index is 1.64. The van der Waals surface area contributed by atoms with Crippen LogP contribution in [0.2, 0.25) is 0 Å². The zero-order chi connectivity index (χ0) is 17.4. The second-order valence-electron chi connectivity index (χ2n) is 7.96. The summed E-state index contributed by atoms with van der Waals surface area (Å²) in [5.41, 5.74) is -0.438. The van der Waals surface area contributed by atoms with Gasteiger partial charge >= 0.3 is 0 Å². The average Bonchev–Trinajstić information content (AvgIpc) is 2.57. The third-order valence-electron chi connectivity index (χ3n) is 5.86. The first kappa shape index (κ1) is 19.7. The van der Waals surface area contributed by atoms with Gasteiger partial charge in [-0.15, -0.1) is 0 Å². The zero-order valence-electron chi connectivity index (χ0n) is 15.9. The molecule has 2 aliphatic rings. The van der Waals surface area contributed by atoms with E-state index in [0.717, 1.165) is 12.8 Å². The van der Waals surface area contributed by atoms with E-state index in [0.29, 0.717) is 12.2 Å². The number of allylic oxidation sites excluding steroid dienone is 1. The smallest absolute Gasteiger partial charge is 0.138 e. The van der Waals surface area contributed by atoms with Crippen LogP contribution in [0.5, 0.6) is 0 Å². The minimum absolute atomic E-state index is 0.0212. The summed E-state index contributed by atoms with van der Waals surface area (Å²) in [6.45, 7) is 6.27. The van der Waals surface area contributed by atoms with E-state index in [1.807, 2.05) is 6.92 Å². The predicted octanol–water partition coefficient (Wildman–Crippen LogP) is 5.78. The lowest BCUT2D eigenvalue weighted by Gasteiger charge is -2.45. The first-order valence-electron chi connectivity index (χ1n) is 10.1. The Kier molecular flexibility index (Phi) is 7.96. The Bertz CT molecular complexity index is 417. The second kappa shape index (κ2) is 9.72. The Hall–Kier alpha value is -0.670. The van der Waals surface area contributed by atoms with Gasteiger partial charge in [-0.3, -0.25) is 4.79 Å². The van der Waals surface area contributed by atoms with Crippen molar-refractivity contribution in [3.63, 3.8) is 0 Å². The Morgan fingerprint density at radius 1 is 1.12 bits per heavy atom. The third-order valence-corrected chi connectivity index (χ3v) is 5.86. The van der Waals surface area contributed by atoms with E-state index < -0.39 is 5.60 Å². The molecule has 0 aromatic heterocycles. The molecule has 2 fully saturated rings. The number of rotatable bonds is 10. The molecule has 1 aliphatic heterocycles. The van der Waals surface area contributed by atoms with E-state index in [2.05, 4.69) is 26.0 Å². The van der Waals surface area contributed by atoms with Crippen LogP contribution in [0.3, 0.4) is 0 Å². The molecule has 1 aliphatic carbocycles. The largest absolute Gasteiger partial charge is 0.299 e. The lowest BCUT2D eigenvalue weighted by atomic mass is 9.71. The summed E-state index contributed by atoms with van der Waals surface area (Å²) in [5, 5.41) is 0. The molecule has 0 aromatic carbocycles. The molecule has 24 heavy (non-hydrogen) atoms. The van der Waals surface area contributed by atoms with E-state index in [4.69, 9.17) is 9.78 Å². The van der Waals surface area contributed by atoms with Crippen molar-refractivity contribution in [1.82, 2.24) is 0 Å². The van der Waals surface area contributed by atoms with E-state index >= 15 is 0 Å². The van der Waals surface area contributed by atoms with Gasteiger partial charge in [0.2, 0.25) is 0 Å². The molecular weight excluding hydrogens is 300 g/mol. The van der Waals surface area contributed by atoms with Crippen LogP contribution in [0.25, 0.3) is 0 Å². The van der Waals surface area contributed by atoms with Crippen LogP contribution in [-0.2, 0) is 14.6 Å². The minimum atomic E-state index is -0.438. The van der Waals surface area contributed by atoms with Crippen LogP contribution < -0.4 is 0 Å². The van der Waals surface area contributed by atoms with Gasteiger partial charge in [0.05, 0.1) is 0 Å². The lowest BCUT2D eigenvalue weighted by molar-refractivity contribution is -0.415. The third kappa shape index (κ3) is 5.42. The number of fused-ring (bicyclic) bond motifs is 2. The Morgan fingerprint density at radius 3 is 2.50 bits per heavy atom. The Labute approximate surface area is 148 Å². The van der Waals surface area contributed by atoms with Crippen molar-refractivity contribution in [3.05, 3.63) is 12.2 Å². The average molecular weight is 337 g/mol. The quantitative estimate of drug-likeness (QED) is 0.288. The normalized spacial score (nSPS) is 33.3. The van der Waals surface area contributed by atoms with E-state index in [-0.39, 0.29) is 17.9 Å². The molecule has 0 unspecified atom stereocenters. The SMILES string of the molecule is CCCCCCCCCC/C=C/[C@]1(C)OO[C@@H]2C[C@H]1CC(=O)[C@@H]2C. The molecule has 2 bridgehead atoms. The van der Waals surface area contributed by atoms with Crippen molar-refractivity contribution in [2.45, 2.75) is 103 Å². The highest BCUT2D eigenvalue weighted by molar-refractivity contribution is 5.82. The maximum Gasteiger partial charge on any atom is 0.138 e. The summed E-state index contributed by atoms with van der Waals surface area (Å²) < 4.78 is 0. The predicted molar refractivity (Wildman–Crippen MR) is 97.6 cm³/mol. The number of ketones is 1. The molecule has 138 valence electrons. The summed E-state index contributed by atoms with van der Waals surface area (Å²) in [4.78, 5) is 23.3. The summed E-state index contributed by atoms with van der Waals surface area (Å²) in [7, 11) is 0. The number of unbranched alkanes of at least 4 members (excludes halogenated alkanes) is 8. The van der Waals surface area contributed by atoms with Crippen LogP contribution in [0.1, 0.15) is 91.4 Å². The molecule has 0 N–H and O–H groups in total. The molecule has 0 aromatic rings. The molecule has 1 heterocycles. The molecule has 2 rings (SSSR count). The van der Waals surface area contributed by atoms with Gasteiger partial charge in [0, 0.05) is 18.3 Å². The van der Waals surface area contributed by atoms with Crippen molar-refractivity contribution in [1.29, 1.82) is 0 Å². The first-order valence-corrected chi connectivity index (χ1v) is 10.1. The molecule has 0 amide bonds. The van der Waals surface area contributed by atoms with Crippen molar-refractivity contribution in [2.24, 2.45) is 11.8 Å². The fourth-order valence-corrected chi connectivity index (χ4v) is 3.87. The van der Waals surface area contributed by atoms with Gasteiger partial charge in [0.15, 0.2) is 0 Å². The van der Waals surface area contributed by atoms with E-state index in [1.54, 1.807) is 0 Å². The summed E-state index contributed by atoms with van der Waals surface area (Å²) >= 11 is 0. The number of hydrogen-bond acceptors (Lipinski definition) is 3. The molecular formula is C21H36O3. The van der Waals surface area contributed by atoms with Gasteiger partial charge in [0.25, 0.3) is 0 Å². The molecule has 1 saturated carbocycles. The fourth-order valence-electron chi connectivity index (χ4n) is 3.87. The number of hydrogen-bond donors (Lipinski definition) is 0. The molecule has 4 atom stereocenters. The maximum absolute atomic E-state index is 12.1. The maximum atomic E-state index is 12.1. The standard InChI is InChI=1S/C21H36O3/c1-4-5-6-7-8-9-10-11-12-13-14-21(3)18-15-19(22)17(2)20(16-18)23-24-21/h13-14,17-18,20H,4-12,15-16H2,1-3H3/b14-13+/t17-,18+,20+,21-/m0/s1. The van der Waals surface area contributed by atoms with Gasteiger partial charge in [-0.05, 0) is 26.2 Å². The summed E-state index contributed by atoms with van der Waals surface area (Å²) in [6, 6.07) is 0.